The van der Waals surface area contributed by atoms with E-state index in [0.717, 1.165) is 12.8 Å². The van der Waals surface area contributed by atoms with E-state index in [4.69, 9.17) is 9.47 Å². The summed E-state index contributed by atoms with van der Waals surface area (Å²) in [6, 6.07) is 3.57. The zero-order valence-corrected chi connectivity index (χ0v) is 18.9. The zero-order chi connectivity index (χ0) is 23.8. The van der Waals surface area contributed by atoms with Gasteiger partial charge in [-0.15, -0.1) is 5.10 Å². The Morgan fingerprint density at radius 1 is 1.30 bits per heavy atom. The molecule has 33 heavy (non-hydrogen) atoms. The molecule has 1 aliphatic rings. The number of pyridine rings is 1. The second-order valence-corrected chi connectivity index (χ2v) is 8.12. The summed E-state index contributed by atoms with van der Waals surface area (Å²) >= 11 is 0. The van der Waals surface area contributed by atoms with Crippen molar-refractivity contribution in [3.63, 3.8) is 0 Å². The van der Waals surface area contributed by atoms with Gasteiger partial charge in [-0.1, -0.05) is 5.21 Å². The minimum absolute atomic E-state index is 0.137. The lowest BCUT2D eigenvalue weighted by molar-refractivity contribution is -0.143. The number of amides is 1. The highest BCUT2D eigenvalue weighted by molar-refractivity contribution is 5.70. The molecular weight excluding hydrogens is 433 g/mol. The Morgan fingerprint density at radius 2 is 2.12 bits per heavy atom. The molecule has 1 saturated carbocycles. The number of carbonyl (C=O) groups excluding carboxylic acids is 1. The molecule has 0 radical (unpaired) electrons. The topological polar surface area (TPSA) is 128 Å². The predicted molar refractivity (Wildman–Crippen MR) is 116 cm³/mol. The number of carboxylic acid groups (broad SMARTS) is 1. The standard InChI is InChI=1S/C22H30FN5O5/c1-14-19(33-16-7-5-6-15(12-16)21(29)30)9-8-17(25-14)20-18(28(2)27-26-20)13-24-22(31)32-11-4-3-10-23/h8-9,15-16H,3-7,10-13H2,1-2H3,(H,24,31)(H,29,30)/t15-,16-/m0/s1. The maximum Gasteiger partial charge on any atom is 0.407 e. The number of carboxylic acids is 1. The summed E-state index contributed by atoms with van der Waals surface area (Å²) in [7, 11) is 1.71. The zero-order valence-electron chi connectivity index (χ0n) is 18.9. The van der Waals surface area contributed by atoms with Gasteiger partial charge in [-0.3, -0.25) is 9.18 Å². The maximum atomic E-state index is 12.1. The van der Waals surface area contributed by atoms with Crippen molar-refractivity contribution in [1.29, 1.82) is 0 Å². The summed E-state index contributed by atoms with van der Waals surface area (Å²) in [5.74, 6) is -0.544. The highest BCUT2D eigenvalue weighted by atomic mass is 19.1. The lowest BCUT2D eigenvalue weighted by Gasteiger charge is -2.27. The second kappa shape index (κ2) is 11.6. The fourth-order valence-electron chi connectivity index (χ4n) is 3.80. The summed E-state index contributed by atoms with van der Waals surface area (Å²) in [5, 5.41) is 20.1. The van der Waals surface area contributed by atoms with Crippen LogP contribution in [0, 0.1) is 12.8 Å². The van der Waals surface area contributed by atoms with Crippen molar-refractivity contribution in [3.05, 3.63) is 23.5 Å². The molecule has 0 unspecified atom stereocenters. The van der Waals surface area contributed by atoms with E-state index < -0.39 is 18.7 Å². The van der Waals surface area contributed by atoms with E-state index in [1.165, 1.54) is 0 Å². The number of aromatic nitrogens is 4. The third-order valence-electron chi connectivity index (χ3n) is 5.65. The van der Waals surface area contributed by atoms with Crippen molar-refractivity contribution >= 4 is 12.1 Å². The average Bonchev–Trinajstić information content (AvgIpc) is 3.17. The Balaban J connectivity index is 1.64. The number of alkyl halides is 1. The quantitative estimate of drug-likeness (QED) is 0.514. The Kier molecular flexibility index (Phi) is 8.56. The van der Waals surface area contributed by atoms with Crippen LogP contribution in [0.5, 0.6) is 5.75 Å². The smallest absolute Gasteiger partial charge is 0.407 e. The van der Waals surface area contributed by atoms with E-state index in [-0.39, 0.29) is 25.2 Å². The summed E-state index contributed by atoms with van der Waals surface area (Å²) in [6.07, 6.45) is 2.88. The number of hydrogen-bond donors (Lipinski definition) is 2. The van der Waals surface area contributed by atoms with Gasteiger partial charge in [0.15, 0.2) is 0 Å². The number of halogens is 1. The molecule has 1 fully saturated rings. The monoisotopic (exact) mass is 463 g/mol. The molecular formula is C22H30FN5O5. The fourth-order valence-corrected chi connectivity index (χ4v) is 3.80. The average molecular weight is 464 g/mol. The molecule has 2 N–H and O–H groups in total. The van der Waals surface area contributed by atoms with Crippen molar-refractivity contribution in [2.75, 3.05) is 13.3 Å². The highest BCUT2D eigenvalue weighted by Crippen LogP contribution is 2.30. The van der Waals surface area contributed by atoms with Gasteiger partial charge in [-0.2, -0.15) is 0 Å². The van der Waals surface area contributed by atoms with Crippen LogP contribution in [0.15, 0.2) is 12.1 Å². The lowest BCUT2D eigenvalue weighted by atomic mass is 9.87. The van der Waals surface area contributed by atoms with Gasteiger partial charge < -0.3 is 19.9 Å². The molecule has 10 nitrogen and oxygen atoms in total. The number of aryl methyl sites for hydroxylation is 2. The van der Waals surface area contributed by atoms with Crippen molar-refractivity contribution in [1.82, 2.24) is 25.3 Å². The fraction of sp³-hybridized carbons (Fsp3) is 0.591. The Labute approximate surface area is 191 Å². The van der Waals surface area contributed by atoms with Crippen LogP contribution in [0.2, 0.25) is 0 Å². The molecule has 0 spiro atoms. The minimum Gasteiger partial charge on any atom is -0.489 e. The summed E-state index contributed by atoms with van der Waals surface area (Å²) < 4.78 is 24.7. The molecule has 2 aromatic heterocycles. The first-order chi connectivity index (χ1) is 15.9. The van der Waals surface area contributed by atoms with Gasteiger partial charge in [0.05, 0.1) is 48.9 Å². The van der Waals surface area contributed by atoms with E-state index in [0.29, 0.717) is 54.2 Å². The predicted octanol–water partition coefficient (Wildman–Crippen LogP) is 3.18. The van der Waals surface area contributed by atoms with E-state index in [9.17, 15) is 19.1 Å². The number of nitrogens with zero attached hydrogens (tertiary/aromatic N) is 4. The first-order valence-electron chi connectivity index (χ1n) is 11.1. The van der Waals surface area contributed by atoms with Gasteiger partial charge in [0, 0.05) is 7.05 Å². The normalized spacial score (nSPS) is 18.0. The van der Waals surface area contributed by atoms with Gasteiger partial charge in [-0.05, 0) is 57.6 Å². The Hall–Kier alpha value is -3.24. The number of hydrogen-bond acceptors (Lipinski definition) is 7. The highest BCUT2D eigenvalue weighted by Gasteiger charge is 2.28. The summed E-state index contributed by atoms with van der Waals surface area (Å²) in [5.41, 5.74) is 2.40. The van der Waals surface area contributed by atoms with Gasteiger partial charge in [0.1, 0.15) is 11.4 Å². The number of unbranched alkanes of at least 4 members (excludes halogenated alkanes) is 1. The number of aliphatic carboxylic acids is 1. The third-order valence-corrected chi connectivity index (χ3v) is 5.65. The molecule has 0 aliphatic heterocycles. The van der Waals surface area contributed by atoms with Crippen LogP contribution in [0.1, 0.15) is 49.9 Å². The molecule has 1 amide bonds. The maximum absolute atomic E-state index is 12.1. The SMILES string of the molecule is Cc1nc(-c2nnn(C)c2CNC(=O)OCCCCF)ccc1O[C@H]1CCC[C@H](C(=O)O)C1. The first kappa shape index (κ1) is 24.4. The van der Waals surface area contributed by atoms with Crippen molar-refractivity contribution in [2.24, 2.45) is 13.0 Å². The van der Waals surface area contributed by atoms with Crippen LogP contribution in [0.25, 0.3) is 11.4 Å². The van der Waals surface area contributed by atoms with E-state index in [1.54, 1.807) is 23.9 Å². The number of nitrogens with one attached hydrogen (secondary N) is 1. The molecule has 180 valence electrons. The van der Waals surface area contributed by atoms with Gasteiger partial charge in [0.2, 0.25) is 0 Å². The molecule has 0 bridgehead atoms. The molecule has 1 aliphatic carbocycles. The molecule has 0 saturated heterocycles. The minimum atomic E-state index is -0.777. The van der Waals surface area contributed by atoms with Crippen molar-refractivity contribution in [3.8, 4) is 17.1 Å². The molecule has 2 heterocycles. The molecule has 2 atom stereocenters. The van der Waals surface area contributed by atoms with Crippen LogP contribution in [-0.2, 0) is 23.1 Å². The van der Waals surface area contributed by atoms with E-state index in [2.05, 4.69) is 20.6 Å². The molecule has 0 aromatic carbocycles. The first-order valence-corrected chi connectivity index (χ1v) is 11.1. The third kappa shape index (κ3) is 6.62. The Bertz CT molecular complexity index is 967. The second-order valence-electron chi connectivity index (χ2n) is 8.12. The van der Waals surface area contributed by atoms with Gasteiger partial charge in [0.25, 0.3) is 0 Å². The number of alkyl carbamates (subject to hydrolysis) is 1. The van der Waals surface area contributed by atoms with Crippen molar-refractivity contribution < 1.29 is 28.6 Å². The largest absolute Gasteiger partial charge is 0.489 e. The van der Waals surface area contributed by atoms with Crippen LogP contribution in [0.4, 0.5) is 9.18 Å². The van der Waals surface area contributed by atoms with E-state index >= 15 is 0 Å². The van der Waals surface area contributed by atoms with Crippen LogP contribution in [0.3, 0.4) is 0 Å². The van der Waals surface area contributed by atoms with Crippen LogP contribution >= 0.6 is 0 Å². The molecule has 11 heteroatoms. The van der Waals surface area contributed by atoms with Gasteiger partial charge in [-0.25, -0.2) is 14.5 Å². The molecule has 3 rings (SSSR count). The summed E-state index contributed by atoms with van der Waals surface area (Å²) in [4.78, 5) is 27.8. The number of carbonyl (C=O) groups is 2. The van der Waals surface area contributed by atoms with Crippen molar-refractivity contribution in [2.45, 2.75) is 58.1 Å². The van der Waals surface area contributed by atoms with E-state index in [1.807, 2.05) is 6.92 Å². The van der Waals surface area contributed by atoms with Crippen LogP contribution < -0.4 is 10.1 Å². The molecule has 2 aromatic rings. The summed E-state index contributed by atoms with van der Waals surface area (Å²) in [6.45, 7) is 1.68. The number of rotatable bonds is 10. The van der Waals surface area contributed by atoms with Crippen LogP contribution in [-0.4, -0.2) is 56.5 Å². The number of ether oxygens (including phenoxy) is 2. The lowest BCUT2D eigenvalue weighted by Crippen LogP contribution is -2.29. The Morgan fingerprint density at radius 3 is 2.85 bits per heavy atom. The van der Waals surface area contributed by atoms with Gasteiger partial charge >= 0.3 is 12.1 Å².